The summed E-state index contributed by atoms with van der Waals surface area (Å²) in [6.45, 7) is 1.73. The van der Waals surface area contributed by atoms with E-state index >= 15 is 0 Å². The standard InChI is InChI=1S/C14H11N5O/c1-8-16-11(7-15)6-13(17-8)18-10-2-3-12-9(4-10)5-14(20)19-12/h2-4,6H,5H2,1H3,(H,19,20)(H,16,17,18). The summed E-state index contributed by atoms with van der Waals surface area (Å²) in [5.41, 5.74) is 2.93. The summed E-state index contributed by atoms with van der Waals surface area (Å²) in [6.07, 6.45) is 0.386. The van der Waals surface area contributed by atoms with Crippen molar-refractivity contribution in [2.45, 2.75) is 13.3 Å². The zero-order chi connectivity index (χ0) is 14.1. The third-order valence-electron chi connectivity index (χ3n) is 2.96. The molecule has 1 aliphatic rings. The molecule has 0 radical (unpaired) electrons. The van der Waals surface area contributed by atoms with Gasteiger partial charge >= 0.3 is 0 Å². The van der Waals surface area contributed by atoms with Crippen molar-refractivity contribution < 1.29 is 4.79 Å². The van der Waals surface area contributed by atoms with Crippen molar-refractivity contribution in [3.63, 3.8) is 0 Å². The minimum atomic E-state index is 0.00166. The third kappa shape index (κ3) is 2.29. The number of benzene rings is 1. The molecule has 1 aliphatic heterocycles. The number of nitrogens with zero attached hydrogens (tertiary/aromatic N) is 3. The Hall–Kier alpha value is -2.94. The number of carbonyl (C=O) groups excluding carboxylic acids is 1. The Morgan fingerprint density at radius 2 is 2.20 bits per heavy atom. The lowest BCUT2D eigenvalue weighted by Crippen LogP contribution is -2.03. The molecule has 0 saturated carbocycles. The van der Waals surface area contributed by atoms with Crippen molar-refractivity contribution in [3.8, 4) is 6.07 Å². The first-order chi connectivity index (χ1) is 9.64. The molecule has 98 valence electrons. The quantitative estimate of drug-likeness (QED) is 0.865. The van der Waals surface area contributed by atoms with Crippen LogP contribution in [0.15, 0.2) is 24.3 Å². The summed E-state index contributed by atoms with van der Waals surface area (Å²) in [6, 6.07) is 9.19. The lowest BCUT2D eigenvalue weighted by molar-refractivity contribution is -0.115. The van der Waals surface area contributed by atoms with Crippen LogP contribution in [0.4, 0.5) is 17.2 Å². The molecule has 0 aliphatic carbocycles. The Morgan fingerprint density at radius 3 is 3.00 bits per heavy atom. The highest BCUT2D eigenvalue weighted by Gasteiger charge is 2.17. The average Bonchev–Trinajstić information content (AvgIpc) is 2.77. The van der Waals surface area contributed by atoms with Crippen LogP contribution >= 0.6 is 0 Å². The number of aryl methyl sites for hydroxylation is 1. The number of carbonyl (C=O) groups is 1. The number of amides is 1. The molecule has 0 bridgehead atoms. The van der Waals surface area contributed by atoms with Gasteiger partial charge in [-0.05, 0) is 30.7 Å². The van der Waals surface area contributed by atoms with Crippen molar-refractivity contribution in [1.82, 2.24) is 9.97 Å². The number of anilines is 3. The maximum atomic E-state index is 11.3. The normalized spacial score (nSPS) is 12.5. The van der Waals surface area contributed by atoms with Crippen LogP contribution in [0.5, 0.6) is 0 Å². The first-order valence-corrected chi connectivity index (χ1v) is 6.09. The Morgan fingerprint density at radius 1 is 1.35 bits per heavy atom. The lowest BCUT2D eigenvalue weighted by atomic mass is 10.1. The largest absolute Gasteiger partial charge is 0.340 e. The predicted octanol–water partition coefficient (Wildman–Crippen LogP) is 1.89. The van der Waals surface area contributed by atoms with Crippen molar-refractivity contribution >= 4 is 23.1 Å². The number of rotatable bonds is 2. The van der Waals surface area contributed by atoms with E-state index in [4.69, 9.17) is 5.26 Å². The molecule has 6 nitrogen and oxygen atoms in total. The Balaban J connectivity index is 1.89. The minimum Gasteiger partial charge on any atom is -0.340 e. The molecule has 0 spiro atoms. The van der Waals surface area contributed by atoms with E-state index in [0.29, 0.717) is 23.8 Å². The van der Waals surface area contributed by atoms with Crippen molar-refractivity contribution in [3.05, 3.63) is 41.3 Å². The summed E-state index contributed by atoms with van der Waals surface area (Å²) in [5.74, 6) is 1.10. The number of nitriles is 1. The fourth-order valence-electron chi connectivity index (χ4n) is 2.14. The van der Waals surface area contributed by atoms with Gasteiger partial charge in [-0.1, -0.05) is 0 Å². The molecule has 1 amide bonds. The minimum absolute atomic E-state index is 0.00166. The smallest absolute Gasteiger partial charge is 0.228 e. The zero-order valence-corrected chi connectivity index (χ0v) is 10.8. The van der Waals surface area contributed by atoms with Crippen LogP contribution in [0, 0.1) is 18.3 Å². The van der Waals surface area contributed by atoms with Gasteiger partial charge in [0.2, 0.25) is 5.91 Å². The molecule has 6 heteroatoms. The fraction of sp³-hybridized carbons (Fsp3) is 0.143. The van der Waals surface area contributed by atoms with E-state index in [9.17, 15) is 4.79 Å². The second-order valence-electron chi connectivity index (χ2n) is 4.52. The first kappa shape index (κ1) is 12.1. The summed E-state index contributed by atoms with van der Waals surface area (Å²) in [7, 11) is 0. The van der Waals surface area contributed by atoms with Crippen LogP contribution in [-0.2, 0) is 11.2 Å². The van der Waals surface area contributed by atoms with Gasteiger partial charge in [0, 0.05) is 17.4 Å². The summed E-state index contributed by atoms with van der Waals surface area (Å²) in [5, 5.41) is 14.8. The molecular formula is C14H11N5O. The highest BCUT2D eigenvalue weighted by molar-refractivity contribution is 5.99. The highest BCUT2D eigenvalue weighted by atomic mass is 16.1. The summed E-state index contributed by atoms with van der Waals surface area (Å²) in [4.78, 5) is 19.5. The monoisotopic (exact) mass is 265 g/mol. The highest BCUT2D eigenvalue weighted by Crippen LogP contribution is 2.27. The number of hydrogen-bond acceptors (Lipinski definition) is 5. The van der Waals surface area contributed by atoms with Gasteiger partial charge in [0.15, 0.2) is 0 Å². The first-order valence-electron chi connectivity index (χ1n) is 6.09. The second-order valence-corrected chi connectivity index (χ2v) is 4.52. The van der Waals surface area contributed by atoms with E-state index in [2.05, 4.69) is 20.6 Å². The zero-order valence-electron chi connectivity index (χ0n) is 10.8. The number of fused-ring (bicyclic) bond motifs is 1. The van der Waals surface area contributed by atoms with Crippen LogP contribution in [0.3, 0.4) is 0 Å². The Labute approximate surface area is 115 Å². The molecule has 1 aromatic carbocycles. The Kier molecular flexibility index (Phi) is 2.80. The van der Waals surface area contributed by atoms with Gasteiger partial charge in [0.1, 0.15) is 23.4 Å². The molecule has 3 rings (SSSR count). The van der Waals surface area contributed by atoms with Gasteiger partial charge in [-0.15, -0.1) is 0 Å². The van der Waals surface area contributed by atoms with Gasteiger partial charge in [-0.3, -0.25) is 4.79 Å². The van der Waals surface area contributed by atoms with Crippen molar-refractivity contribution in [2.24, 2.45) is 0 Å². The molecule has 2 heterocycles. The van der Waals surface area contributed by atoms with Crippen LogP contribution in [0.2, 0.25) is 0 Å². The van der Waals surface area contributed by atoms with Gasteiger partial charge < -0.3 is 10.6 Å². The molecule has 1 aromatic heterocycles. The molecule has 0 unspecified atom stereocenters. The van der Waals surface area contributed by atoms with E-state index in [1.807, 2.05) is 24.3 Å². The SMILES string of the molecule is Cc1nc(C#N)cc(Nc2ccc3c(c2)CC(=O)N3)n1. The maximum absolute atomic E-state index is 11.3. The molecule has 0 fully saturated rings. The Bertz CT molecular complexity index is 748. The van der Waals surface area contributed by atoms with Gasteiger partial charge in [0.25, 0.3) is 0 Å². The van der Waals surface area contributed by atoms with Gasteiger partial charge in [-0.25, -0.2) is 9.97 Å². The number of nitrogens with one attached hydrogen (secondary N) is 2. The van der Waals surface area contributed by atoms with E-state index in [-0.39, 0.29) is 5.91 Å². The second kappa shape index (κ2) is 4.63. The van der Waals surface area contributed by atoms with E-state index < -0.39 is 0 Å². The molecule has 2 aromatic rings. The van der Waals surface area contributed by atoms with Crippen LogP contribution in [-0.4, -0.2) is 15.9 Å². The van der Waals surface area contributed by atoms with Crippen molar-refractivity contribution in [2.75, 3.05) is 10.6 Å². The van der Waals surface area contributed by atoms with Gasteiger partial charge in [0.05, 0.1) is 6.42 Å². The fourth-order valence-corrected chi connectivity index (χ4v) is 2.14. The van der Waals surface area contributed by atoms with Gasteiger partial charge in [-0.2, -0.15) is 5.26 Å². The van der Waals surface area contributed by atoms with Crippen LogP contribution in [0.1, 0.15) is 17.1 Å². The van der Waals surface area contributed by atoms with Crippen LogP contribution < -0.4 is 10.6 Å². The number of aromatic nitrogens is 2. The van der Waals surface area contributed by atoms with E-state index in [1.165, 1.54) is 0 Å². The van der Waals surface area contributed by atoms with E-state index in [1.54, 1.807) is 13.0 Å². The third-order valence-corrected chi connectivity index (χ3v) is 2.96. The topological polar surface area (TPSA) is 90.7 Å². The summed E-state index contributed by atoms with van der Waals surface area (Å²) >= 11 is 0. The molecule has 0 atom stereocenters. The molecule has 20 heavy (non-hydrogen) atoms. The predicted molar refractivity (Wildman–Crippen MR) is 73.5 cm³/mol. The lowest BCUT2D eigenvalue weighted by Gasteiger charge is -2.08. The molecule has 0 saturated heterocycles. The van der Waals surface area contributed by atoms with Crippen LogP contribution in [0.25, 0.3) is 0 Å². The average molecular weight is 265 g/mol. The molecular weight excluding hydrogens is 254 g/mol. The number of hydrogen-bond donors (Lipinski definition) is 2. The maximum Gasteiger partial charge on any atom is 0.228 e. The summed E-state index contributed by atoms with van der Waals surface area (Å²) < 4.78 is 0. The van der Waals surface area contributed by atoms with Crippen molar-refractivity contribution in [1.29, 1.82) is 5.26 Å². The van der Waals surface area contributed by atoms with E-state index in [0.717, 1.165) is 16.9 Å². The molecule has 2 N–H and O–H groups in total.